The van der Waals surface area contributed by atoms with E-state index in [0.29, 0.717) is 18.1 Å². The van der Waals surface area contributed by atoms with Crippen LogP contribution >= 0.6 is 12.2 Å². The highest BCUT2D eigenvalue weighted by Crippen LogP contribution is 2.42. The second kappa shape index (κ2) is 11.6. The third-order valence-electron chi connectivity index (χ3n) is 7.83. The zero-order valence-electron chi connectivity index (χ0n) is 23.9. The van der Waals surface area contributed by atoms with Gasteiger partial charge in [0, 0.05) is 36.2 Å². The van der Waals surface area contributed by atoms with E-state index in [4.69, 9.17) is 12.2 Å². The lowest BCUT2D eigenvalue weighted by atomic mass is 9.96. The molecule has 7 heteroatoms. The van der Waals surface area contributed by atoms with Gasteiger partial charge in [0.05, 0.1) is 23.5 Å². The van der Waals surface area contributed by atoms with Gasteiger partial charge in [-0.2, -0.15) is 0 Å². The summed E-state index contributed by atoms with van der Waals surface area (Å²) in [4.78, 5) is 19.8. The zero-order chi connectivity index (χ0) is 28.4. The Morgan fingerprint density at radius 1 is 1.02 bits per heavy atom. The van der Waals surface area contributed by atoms with Crippen molar-refractivity contribution in [2.45, 2.75) is 59.5 Å². The molecule has 2 aromatic heterocycles. The molecular weight excluding hydrogens is 514 g/mol. The molecule has 0 spiro atoms. The molecule has 1 saturated heterocycles. The predicted molar refractivity (Wildman–Crippen MR) is 166 cm³/mol. The molecule has 3 heterocycles. The van der Waals surface area contributed by atoms with Crippen molar-refractivity contribution in [2.75, 3.05) is 11.9 Å². The van der Waals surface area contributed by atoms with Gasteiger partial charge in [-0.3, -0.25) is 9.78 Å². The van der Waals surface area contributed by atoms with Crippen LogP contribution in [0.2, 0.25) is 0 Å². The second-order valence-electron chi connectivity index (χ2n) is 10.6. The molecule has 5 rings (SSSR count). The number of anilines is 1. The number of amides is 1. The molecular formula is C33H37N5OS. The van der Waals surface area contributed by atoms with Crippen LogP contribution in [0.25, 0.3) is 5.69 Å². The van der Waals surface area contributed by atoms with Gasteiger partial charge in [-0.1, -0.05) is 48.9 Å². The molecule has 1 aliphatic heterocycles. The van der Waals surface area contributed by atoms with Crippen molar-refractivity contribution >= 4 is 28.9 Å². The summed E-state index contributed by atoms with van der Waals surface area (Å²) >= 11 is 5.88. The molecule has 0 bridgehead atoms. The summed E-state index contributed by atoms with van der Waals surface area (Å²) in [6, 6.07) is 22.4. The molecule has 0 unspecified atom stereocenters. The maximum atomic E-state index is 13.0. The monoisotopic (exact) mass is 551 g/mol. The Bertz CT molecular complexity index is 1530. The number of pyridine rings is 1. The van der Waals surface area contributed by atoms with Crippen LogP contribution in [0.5, 0.6) is 0 Å². The highest BCUT2D eigenvalue weighted by molar-refractivity contribution is 7.80. The number of aromatic nitrogens is 2. The summed E-state index contributed by atoms with van der Waals surface area (Å²) in [6.45, 7) is 11.3. The first-order valence-electron chi connectivity index (χ1n) is 13.9. The fourth-order valence-corrected chi connectivity index (χ4v) is 6.16. The number of carbonyl (C=O) groups is 1. The molecule has 4 aromatic rings. The van der Waals surface area contributed by atoms with Gasteiger partial charge in [-0.15, -0.1) is 0 Å². The van der Waals surface area contributed by atoms with Gasteiger partial charge in [0.15, 0.2) is 5.11 Å². The van der Waals surface area contributed by atoms with Gasteiger partial charge in [0.2, 0.25) is 5.91 Å². The first-order chi connectivity index (χ1) is 19.3. The number of benzene rings is 2. The van der Waals surface area contributed by atoms with Crippen molar-refractivity contribution in [1.29, 1.82) is 0 Å². The van der Waals surface area contributed by atoms with Crippen molar-refractivity contribution in [3.63, 3.8) is 0 Å². The highest BCUT2D eigenvalue weighted by Gasteiger charge is 2.41. The summed E-state index contributed by atoms with van der Waals surface area (Å²) in [6.07, 6.45) is 3.09. The van der Waals surface area contributed by atoms with E-state index in [2.05, 4.69) is 77.0 Å². The van der Waals surface area contributed by atoms with E-state index in [1.54, 1.807) is 0 Å². The first kappa shape index (κ1) is 27.6. The smallest absolute Gasteiger partial charge is 0.226 e. The Hall–Kier alpha value is -3.97. The standard InChI is InChI=1S/C33H37N5OS/c1-6-25-11-9-10-22(3)31(25)38-23(4)20-27(24(38)5)32-30(28-12-7-8-18-34-28)36-33(40)37(32)19-17-29(39)35-26-15-13-21(2)14-16-26/h7-16,18,20,30,32H,6,17,19H2,1-5H3,(H,35,39)(H,36,40)/t30-,32+/m1/s1. The van der Waals surface area contributed by atoms with Crippen LogP contribution < -0.4 is 10.6 Å². The van der Waals surface area contributed by atoms with Gasteiger partial charge >= 0.3 is 0 Å². The van der Waals surface area contributed by atoms with Crippen LogP contribution in [0, 0.1) is 27.7 Å². The van der Waals surface area contributed by atoms with Crippen LogP contribution in [-0.4, -0.2) is 32.0 Å². The predicted octanol–water partition coefficient (Wildman–Crippen LogP) is 6.67. The van der Waals surface area contributed by atoms with Crippen molar-refractivity contribution in [3.05, 3.63) is 112 Å². The maximum Gasteiger partial charge on any atom is 0.226 e. The molecule has 1 aliphatic rings. The molecule has 0 saturated carbocycles. The third kappa shape index (κ3) is 5.39. The summed E-state index contributed by atoms with van der Waals surface area (Å²) < 4.78 is 2.38. The normalized spacial score (nSPS) is 16.7. The number of nitrogens with one attached hydrogen (secondary N) is 2. The molecule has 0 aliphatic carbocycles. The maximum absolute atomic E-state index is 13.0. The molecule has 2 aromatic carbocycles. The molecule has 40 heavy (non-hydrogen) atoms. The number of thiocarbonyl (C=S) groups is 1. The van der Waals surface area contributed by atoms with E-state index < -0.39 is 0 Å². The number of nitrogens with zero attached hydrogens (tertiary/aromatic N) is 3. The Labute approximate surface area is 242 Å². The molecule has 206 valence electrons. The van der Waals surface area contributed by atoms with Crippen molar-refractivity contribution in [2.24, 2.45) is 0 Å². The van der Waals surface area contributed by atoms with Crippen molar-refractivity contribution in [3.8, 4) is 5.69 Å². The molecule has 1 fully saturated rings. The summed E-state index contributed by atoms with van der Waals surface area (Å²) in [7, 11) is 0. The van der Waals surface area contributed by atoms with Crippen LogP contribution in [0.15, 0.2) is 72.9 Å². The fourth-order valence-electron chi connectivity index (χ4n) is 5.82. The van der Waals surface area contributed by atoms with E-state index in [1.807, 2.05) is 55.6 Å². The van der Waals surface area contributed by atoms with Gasteiger partial charge in [0.1, 0.15) is 0 Å². The summed E-state index contributed by atoms with van der Waals surface area (Å²) in [5.74, 6) is -0.0374. The zero-order valence-corrected chi connectivity index (χ0v) is 24.7. The minimum atomic E-state index is -0.134. The van der Waals surface area contributed by atoms with Gasteiger partial charge in [0.25, 0.3) is 0 Å². The number of rotatable bonds is 8. The molecule has 0 radical (unpaired) electrons. The Kier molecular flexibility index (Phi) is 8.03. The van der Waals surface area contributed by atoms with Gasteiger partial charge in [-0.25, -0.2) is 0 Å². The number of aryl methyl sites for hydroxylation is 4. The van der Waals surface area contributed by atoms with Crippen LogP contribution in [-0.2, 0) is 11.2 Å². The number of carbonyl (C=O) groups excluding carboxylic acids is 1. The Morgan fingerprint density at radius 3 is 2.50 bits per heavy atom. The molecule has 1 amide bonds. The third-order valence-corrected chi connectivity index (χ3v) is 8.18. The SMILES string of the molecule is CCc1cccc(C)c1-n1c(C)cc([C@H]2[C@@H](c3ccccn3)NC(=S)N2CCC(=O)Nc2ccc(C)cc2)c1C. The fraction of sp³-hybridized carbons (Fsp3) is 0.303. The Balaban J connectivity index is 1.50. The summed E-state index contributed by atoms with van der Waals surface area (Å²) in [5, 5.41) is 7.19. The molecule has 6 nitrogen and oxygen atoms in total. The number of hydrogen-bond acceptors (Lipinski definition) is 3. The highest BCUT2D eigenvalue weighted by atomic mass is 32.1. The van der Waals surface area contributed by atoms with Crippen LogP contribution in [0.3, 0.4) is 0 Å². The summed E-state index contributed by atoms with van der Waals surface area (Å²) in [5.41, 5.74) is 10.2. The topological polar surface area (TPSA) is 62.2 Å². The quantitative estimate of drug-likeness (QED) is 0.240. The first-order valence-corrected chi connectivity index (χ1v) is 14.3. The number of hydrogen-bond donors (Lipinski definition) is 2. The van der Waals surface area contributed by atoms with E-state index in [9.17, 15) is 4.79 Å². The second-order valence-corrected chi connectivity index (χ2v) is 11.0. The lowest BCUT2D eigenvalue weighted by Crippen LogP contribution is -2.32. The van der Waals surface area contributed by atoms with E-state index in [-0.39, 0.29) is 18.0 Å². The van der Waals surface area contributed by atoms with Crippen LogP contribution in [0.1, 0.15) is 64.8 Å². The van der Waals surface area contributed by atoms with E-state index >= 15 is 0 Å². The lowest BCUT2D eigenvalue weighted by Gasteiger charge is -2.28. The lowest BCUT2D eigenvalue weighted by molar-refractivity contribution is -0.116. The largest absolute Gasteiger partial charge is 0.352 e. The average Bonchev–Trinajstić information content (AvgIpc) is 3.43. The van der Waals surface area contributed by atoms with E-state index in [1.165, 1.54) is 33.8 Å². The molecule has 2 atom stereocenters. The van der Waals surface area contributed by atoms with Crippen molar-refractivity contribution < 1.29 is 4.79 Å². The minimum Gasteiger partial charge on any atom is -0.352 e. The molecule has 2 N–H and O–H groups in total. The number of para-hydroxylation sites is 1. The van der Waals surface area contributed by atoms with E-state index in [0.717, 1.165) is 23.4 Å². The Morgan fingerprint density at radius 2 is 1.80 bits per heavy atom. The minimum absolute atomic E-state index is 0.0374. The van der Waals surface area contributed by atoms with Gasteiger partial charge in [-0.05, 0) is 93.4 Å². The van der Waals surface area contributed by atoms with Crippen LogP contribution in [0.4, 0.5) is 5.69 Å². The van der Waals surface area contributed by atoms with Crippen molar-refractivity contribution in [1.82, 2.24) is 19.8 Å². The average molecular weight is 552 g/mol. The van der Waals surface area contributed by atoms with Gasteiger partial charge < -0.3 is 20.1 Å².